The number of allylic oxidation sites excluding steroid dienone is 1. The minimum absolute atomic E-state index is 0.0562. The number of amides is 1. The molecule has 4 nitrogen and oxygen atoms in total. The van der Waals surface area contributed by atoms with E-state index in [2.05, 4.69) is 49.1 Å². The van der Waals surface area contributed by atoms with Crippen molar-refractivity contribution in [1.82, 2.24) is 9.55 Å². The molecule has 1 amide bonds. The third-order valence-electron chi connectivity index (χ3n) is 4.62. The zero-order valence-corrected chi connectivity index (χ0v) is 17.2. The molecule has 2 aromatic carbocycles. The zero-order chi connectivity index (χ0) is 18.3. The Morgan fingerprint density at radius 1 is 1.23 bits per heavy atom. The highest BCUT2D eigenvalue weighted by atomic mass is 79.9. The number of benzene rings is 2. The molecule has 1 saturated heterocycles. The van der Waals surface area contributed by atoms with Crippen LogP contribution in [0.25, 0.3) is 11.0 Å². The Morgan fingerprint density at radius 3 is 2.81 bits per heavy atom. The van der Waals surface area contributed by atoms with E-state index < -0.39 is 0 Å². The van der Waals surface area contributed by atoms with Crippen molar-refractivity contribution >= 4 is 54.5 Å². The van der Waals surface area contributed by atoms with Crippen LogP contribution in [0.2, 0.25) is 0 Å². The van der Waals surface area contributed by atoms with Gasteiger partial charge < -0.3 is 9.47 Å². The number of carbonyl (C=O) groups is 1. The number of halogens is 2. The average molecular weight is 475 g/mol. The number of nitrogens with zero attached hydrogens (tertiary/aromatic N) is 3. The molecule has 26 heavy (non-hydrogen) atoms. The summed E-state index contributed by atoms with van der Waals surface area (Å²) in [6, 6.07) is 15.9. The van der Waals surface area contributed by atoms with Crippen molar-refractivity contribution in [3.63, 3.8) is 0 Å². The van der Waals surface area contributed by atoms with Gasteiger partial charge in [0.25, 0.3) is 0 Å². The van der Waals surface area contributed by atoms with E-state index in [1.54, 1.807) is 0 Å². The van der Waals surface area contributed by atoms with Crippen LogP contribution in [0.4, 0.5) is 5.69 Å². The lowest BCUT2D eigenvalue weighted by Crippen LogP contribution is -2.24. The Bertz CT molecular complexity index is 1010. The summed E-state index contributed by atoms with van der Waals surface area (Å²) in [6.45, 7) is 5.25. The van der Waals surface area contributed by atoms with E-state index in [1.165, 1.54) is 0 Å². The summed E-state index contributed by atoms with van der Waals surface area (Å²) in [5, 5.41) is 0. The Kier molecular flexibility index (Phi) is 4.71. The van der Waals surface area contributed by atoms with E-state index in [9.17, 15) is 4.79 Å². The van der Waals surface area contributed by atoms with Gasteiger partial charge in [-0.3, -0.25) is 4.79 Å². The van der Waals surface area contributed by atoms with Gasteiger partial charge in [0.1, 0.15) is 5.82 Å². The molecule has 4 rings (SSSR count). The summed E-state index contributed by atoms with van der Waals surface area (Å²) in [5.41, 5.74) is 2.93. The molecule has 0 bridgehead atoms. The first-order valence-electron chi connectivity index (χ1n) is 8.37. The van der Waals surface area contributed by atoms with Gasteiger partial charge >= 0.3 is 0 Å². The van der Waals surface area contributed by atoms with Gasteiger partial charge in [-0.25, -0.2) is 4.98 Å². The summed E-state index contributed by atoms with van der Waals surface area (Å²) in [6.07, 6.45) is 0.463. The Hall–Kier alpha value is -1.92. The predicted octanol–water partition coefficient (Wildman–Crippen LogP) is 5.23. The number of carbonyl (C=O) groups excluding carboxylic acids is 1. The van der Waals surface area contributed by atoms with Crippen molar-refractivity contribution < 1.29 is 4.79 Å². The van der Waals surface area contributed by atoms with E-state index >= 15 is 0 Å². The maximum absolute atomic E-state index is 12.7. The highest BCUT2D eigenvalue weighted by Crippen LogP contribution is 2.34. The number of para-hydroxylation sites is 2. The molecule has 1 aliphatic heterocycles. The van der Waals surface area contributed by atoms with Crippen molar-refractivity contribution in [3.05, 3.63) is 69.9 Å². The van der Waals surface area contributed by atoms with Crippen LogP contribution in [0.15, 0.2) is 64.1 Å². The van der Waals surface area contributed by atoms with Gasteiger partial charge in [-0.15, -0.1) is 0 Å². The van der Waals surface area contributed by atoms with Gasteiger partial charge in [0.15, 0.2) is 0 Å². The molecule has 0 saturated carbocycles. The molecule has 0 N–H and O–H groups in total. The Balaban J connectivity index is 1.72. The van der Waals surface area contributed by atoms with Crippen molar-refractivity contribution in [2.24, 2.45) is 0 Å². The molecule has 0 aliphatic carbocycles. The lowest BCUT2D eigenvalue weighted by atomic mass is 10.1. The molecule has 1 aliphatic rings. The normalized spacial score (nSPS) is 17.2. The van der Waals surface area contributed by atoms with E-state index in [-0.39, 0.29) is 11.8 Å². The molecule has 2 heterocycles. The second-order valence-electron chi connectivity index (χ2n) is 6.45. The number of hydrogen-bond donors (Lipinski definition) is 0. The number of hydrogen-bond acceptors (Lipinski definition) is 2. The fourth-order valence-electron chi connectivity index (χ4n) is 3.52. The average Bonchev–Trinajstić information content (AvgIpc) is 3.16. The molecular weight excluding hydrogens is 458 g/mol. The standard InChI is InChI=1S/C20H17Br2N3O/c1-13(21)11-25-18-8-3-2-7-17(18)23-20(25)14-9-19(26)24(12-14)16-6-4-5-15(22)10-16/h2-8,10,14H,1,9,11-12H2. The topological polar surface area (TPSA) is 38.1 Å². The van der Waals surface area contributed by atoms with Crippen LogP contribution in [0.5, 0.6) is 0 Å². The van der Waals surface area contributed by atoms with Crippen LogP contribution < -0.4 is 4.90 Å². The number of anilines is 1. The van der Waals surface area contributed by atoms with Crippen LogP contribution in [-0.4, -0.2) is 22.0 Å². The van der Waals surface area contributed by atoms with Gasteiger partial charge in [-0.2, -0.15) is 0 Å². The van der Waals surface area contributed by atoms with Crippen LogP contribution >= 0.6 is 31.9 Å². The highest BCUT2D eigenvalue weighted by molar-refractivity contribution is 9.11. The molecule has 3 aromatic rings. The van der Waals surface area contributed by atoms with Gasteiger partial charge in [-0.1, -0.05) is 56.6 Å². The van der Waals surface area contributed by atoms with Crippen molar-refractivity contribution in [2.45, 2.75) is 18.9 Å². The van der Waals surface area contributed by atoms with Crippen LogP contribution in [0.3, 0.4) is 0 Å². The lowest BCUT2D eigenvalue weighted by Gasteiger charge is -2.17. The molecule has 1 fully saturated rings. The summed E-state index contributed by atoms with van der Waals surface area (Å²) in [4.78, 5) is 19.4. The number of imidazole rings is 1. The molecule has 6 heteroatoms. The third-order valence-corrected chi connectivity index (χ3v) is 5.37. The first-order chi connectivity index (χ1) is 12.5. The van der Waals surface area contributed by atoms with E-state index in [0.717, 1.165) is 31.5 Å². The Labute approximate surface area is 168 Å². The maximum atomic E-state index is 12.7. The number of aromatic nitrogens is 2. The molecule has 132 valence electrons. The van der Waals surface area contributed by atoms with Crippen molar-refractivity contribution in [3.8, 4) is 0 Å². The van der Waals surface area contributed by atoms with Crippen LogP contribution in [0.1, 0.15) is 18.2 Å². The highest BCUT2D eigenvalue weighted by Gasteiger charge is 2.34. The second-order valence-corrected chi connectivity index (χ2v) is 8.48. The smallest absolute Gasteiger partial charge is 0.227 e. The molecule has 1 unspecified atom stereocenters. The van der Waals surface area contributed by atoms with Crippen molar-refractivity contribution in [2.75, 3.05) is 11.4 Å². The largest absolute Gasteiger partial charge is 0.323 e. The summed E-state index contributed by atoms with van der Waals surface area (Å²) in [7, 11) is 0. The Morgan fingerprint density at radius 2 is 2.04 bits per heavy atom. The molecule has 0 spiro atoms. The van der Waals surface area contributed by atoms with Crippen LogP contribution in [0, 0.1) is 0 Å². The first kappa shape index (κ1) is 17.5. The lowest BCUT2D eigenvalue weighted by molar-refractivity contribution is -0.117. The second kappa shape index (κ2) is 7.00. The van der Waals surface area contributed by atoms with Gasteiger partial charge in [0.2, 0.25) is 5.91 Å². The van der Waals surface area contributed by atoms with E-state index in [0.29, 0.717) is 19.5 Å². The van der Waals surface area contributed by atoms with Gasteiger partial charge in [-0.05, 0) is 30.3 Å². The third kappa shape index (κ3) is 3.23. The SMILES string of the molecule is C=C(Br)Cn1c(C2CC(=O)N(c3cccc(Br)c3)C2)nc2ccccc21. The van der Waals surface area contributed by atoms with Crippen molar-refractivity contribution in [1.29, 1.82) is 0 Å². The van der Waals surface area contributed by atoms with Crippen LogP contribution in [-0.2, 0) is 11.3 Å². The summed E-state index contributed by atoms with van der Waals surface area (Å²) < 4.78 is 4.01. The first-order valence-corrected chi connectivity index (χ1v) is 9.96. The monoisotopic (exact) mass is 473 g/mol. The quantitative estimate of drug-likeness (QED) is 0.519. The zero-order valence-electron chi connectivity index (χ0n) is 14.0. The van der Waals surface area contributed by atoms with Gasteiger partial charge in [0, 0.05) is 33.5 Å². The van der Waals surface area contributed by atoms with E-state index in [4.69, 9.17) is 4.98 Å². The summed E-state index contributed by atoms with van der Waals surface area (Å²) >= 11 is 6.95. The number of fused-ring (bicyclic) bond motifs is 1. The number of rotatable bonds is 4. The molecule has 0 radical (unpaired) electrons. The molecular formula is C20H17Br2N3O. The minimum Gasteiger partial charge on any atom is -0.323 e. The summed E-state index contributed by atoms with van der Waals surface area (Å²) in [5.74, 6) is 1.13. The fourth-order valence-corrected chi connectivity index (χ4v) is 4.16. The van der Waals surface area contributed by atoms with E-state index in [1.807, 2.05) is 47.4 Å². The maximum Gasteiger partial charge on any atom is 0.227 e. The fraction of sp³-hybridized carbons (Fsp3) is 0.200. The molecule has 1 aromatic heterocycles. The predicted molar refractivity (Wildman–Crippen MR) is 112 cm³/mol. The molecule has 1 atom stereocenters. The van der Waals surface area contributed by atoms with Gasteiger partial charge in [0.05, 0.1) is 17.6 Å². The minimum atomic E-state index is 0.0562.